The number of nitrogens with two attached hydrogens (primary N) is 1. The minimum Gasteiger partial charge on any atom is -0.324 e. The molecule has 1 aliphatic rings. The molecule has 0 amide bonds. The first-order valence-electron chi connectivity index (χ1n) is 6.00. The lowest BCUT2D eigenvalue weighted by Gasteiger charge is -2.07. The van der Waals surface area contributed by atoms with Gasteiger partial charge in [-0.1, -0.05) is 27.7 Å². The molecule has 0 aliphatic heterocycles. The molecule has 0 aromatic carbocycles. The Morgan fingerprint density at radius 1 is 1.19 bits per heavy atom. The van der Waals surface area contributed by atoms with E-state index < -0.39 is 0 Å². The molecule has 0 bridgehead atoms. The smallest absolute Gasteiger partial charge is 0.146 e. The van der Waals surface area contributed by atoms with Crippen molar-refractivity contribution in [3.8, 4) is 0 Å². The van der Waals surface area contributed by atoms with E-state index in [1.807, 2.05) is 0 Å². The summed E-state index contributed by atoms with van der Waals surface area (Å²) >= 11 is 0. The van der Waals surface area contributed by atoms with E-state index in [0.717, 1.165) is 18.2 Å². The van der Waals surface area contributed by atoms with E-state index in [2.05, 4.69) is 49.4 Å². The van der Waals surface area contributed by atoms with E-state index in [4.69, 9.17) is 5.73 Å². The normalized spacial score (nSPS) is 22.4. The van der Waals surface area contributed by atoms with Crippen LogP contribution in [0.2, 0.25) is 0 Å². The van der Waals surface area contributed by atoms with Gasteiger partial charge in [0.15, 0.2) is 0 Å². The third kappa shape index (κ3) is 1.25. The summed E-state index contributed by atoms with van der Waals surface area (Å²) in [5.41, 5.74) is 6.28. The Morgan fingerprint density at radius 3 is 2.12 bits per heavy atom. The van der Waals surface area contributed by atoms with Crippen LogP contribution in [0.1, 0.15) is 52.2 Å². The predicted molar refractivity (Wildman–Crippen MR) is 63.9 cm³/mol. The fourth-order valence-electron chi connectivity index (χ4n) is 2.90. The van der Waals surface area contributed by atoms with Crippen LogP contribution in [0, 0.1) is 10.8 Å². The average molecular weight is 222 g/mol. The van der Waals surface area contributed by atoms with Crippen molar-refractivity contribution in [1.82, 2.24) is 14.8 Å². The van der Waals surface area contributed by atoms with Crippen molar-refractivity contribution in [3.05, 3.63) is 11.6 Å². The highest BCUT2D eigenvalue weighted by atomic mass is 15.3. The summed E-state index contributed by atoms with van der Waals surface area (Å²) < 4.78 is 2.17. The van der Waals surface area contributed by atoms with Crippen LogP contribution in [-0.4, -0.2) is 14.8 Å². The van der Waals surface area contributed by atoms with Crippen molar-refractivity contribution in [2.24, 2.45) is 16.6 Å². The quantitative estimate of drug-likeness (QED) is 0.850. The molecule has 1 saturated carbocycles. The third-order valence-corrected chi connectivity index (χ3v) is 4.63. The molecule has 1 fully saturated rings. The molecule has 1 aliphatic carbocycles. The van der Waals surface area contributed by atoms with Crippen molar-refractivity contribution in [1.29, 1.82) is 0 Å². The summed E-state index contributed by atoms with van der Waals surface area (Å²) in [6.45, 7) is 12.7. The molecule has 1 aromatic heterocycles. The molecule has 4 nitrogen and oxygen atoms in total. The minimum absolute atomic E-state index is 0.304. The maximum Gasteiger partial charge on any atom is 0.146 e. The zero-order chi connectivity index (χ0) is 12.1. The molecular weight excluding hydrogens is 200 g/mol. The highest BCUT2D eigenvalue weighted by molar-refractivity contribution is 5.27. The molecule has 0 radical (unpaired) electrons. The van der Waals surface area contributed by atoms with Gasteiger partial charge in [0.1, 0.15) is 11.6 Å². The van der Waals surface area contributed by atoms with E-state index >= 15 is 0 Å². The second-order valence-electron chi connectivity index (χ2n) is 5.80. The Labute approximate surface area is 97.2 Å². The van der Waals surface area contributed by atoms with Crippen molar-refractivity contribution in [2.75, 3.05) is 0 Å². The SMILES string of the molecule is CCn1c(CN)nnc1C1C(C)(C)C1(C)C. The fourth-order valence-corrected chi connectivity index (χ4v) is 2.90. The van der Waals surface area contributed by atoms with E-state index in [9.17, 15) is 0 Å². The molecule has 0 spiro atoms. The Balaban J connectivity index is 2.40. The summed E-state index contributed by atoms with van der Waals surface area (Å²) in [4.78, 5) is 0. The third-order valence-electron chi connectivity index (χ3n) is 4.63. The van der Waals surface area contributed by atoms with Gasteiger partial charge in [0, 0.05) is 12.5 Å². The van der Waals surface area contributed by atoms with Crippen LogP contribution in [-0.2, 0) is 13.1 Å². The number of rotatable bonds is 3. The first-order chi connectivity index (χ1) is 7.37. The van der Waals surface area contributed by atoms with Crippen LogP contribution in [0.4, 0.5) is 0 Å². The number of nitrogens with zero attached hydrogens (tertiary/aromatic N) is 3. The summed E-state index contributed by atoms with van der Waals surface area (Å²) in [5.74, 6) is 2.50. The molecule has 90 valence electrons. The number of hydrogen-bond acceptors (Lipinski definition) is 3. The molecule has 2 N–H and O–H groups in total. The number of aromatic nitrogens is 3. The Kier molecular flexibility index (Phi) is 2.38. The van der Waals surface area contributed by atoms with Gasteiger partial charge in [0.25, 0.3) is 0 Å². The van der Waals surface area contributed by atoms with Gasteiger partial charge >= 0.3 is 0 Å². The Bertz CT molecular complexity index is 389. The van der Waals surface area contributed by atoms with E-state index in [1.165, 1.54) is 0 Å². The molecular formula is C12H22N4. The van der Waals surface area contributed by atoms with Gasteiger partial charge in [-0.05, 0) is 17.8 Å². The molecule has 2 rings (SSSR count). The fraction of sp³-hybridized carbons (Fsp3) is 0.833. The lowest BCUT2D eigenvalue weighted by atomic mass is 10.0. The Hall–Kier alpha value is -0.900. The van der Waals surface area contributed by atoms with Crippen molar-refractivity contribution < 1.29 is 0 Å². The predicted octanol–water partition coefficient (Wildman–Crippen LogP) is 1.91. The molecule has 1 aromatic rings. The summed E-state index contributed by atoms with van der Waals surface area (Å²) in [5, 5.41) is 8.53. The van der Waals surface area contributed by atoms with Gasteiger partial charge in [-0.3, -0.25) is 0 Å². The first kappa shape index (κ1) is 11.6. The zero-order valence-corrected chi connectivity index (χ0v) is 10.9. The van der Waals surface area contributed by atoms with E-state index in [-0.39, 0.29) is 0 Å². The van der Waals surface area contributed by atoms with Gasteiger partial charge in [0.05, 0.1) is 6.54 Å². The van der Waals surface area contributed by atoms with Crippen molar-refractivity contribution in [3.63, 3.8) is 0 Å². The molecule has 4 heteroatoms. The van der Waals surface area contributed by atoms with Gasteiger partial charge in [-0.2, -0.15) is 0 Å². The summed E-state index contributed by atoms with van der Waals surface area (Å²) in [7, 11) is 0. The first-order valence-corrected chi connectivity index (χ1v) is 6.00. The topological polar surface area (TPSA) is 56.7 Å². The molecule has 1 heterocycles. The monoisotopic (exact) mass is 222 g/mol. The summed E-state index contributed by atoms with van der Waals surface area (Å²) in [6, 6.07) is 0. The molecule has 0 atom stereocenters. The highest BCUT2D eigenvalue weighted by Gasteiger charge is 2.67. The van der Waals surface area contributed by atoms with E-state index in [1.54, 1.807) is 0 Å². The van der Waals surface area contributed by atoms with Crippen molar-refractivity contribution >= 4 is 0 Å². The standard InChI is InChI=1S/C12H22N4/c1-6-16-8(7-13)14-15-10(16)9-11(2,3)12(9,4)5/h9H,6-7,13H2,1-5H3. The Morgan fingerprint density at radius 2 is 1.75 bits per heavy atom. The molecule has 16 heavy (non-hydrogen) atoms. The van der Waals surface area contributed by atoms with Crippen LogP contribution in [0.5, 0.6) is 0 Å². The average Bonchev–Trinajstić information content (AvgIpc) is 2.54. The second-order valence-corrected chi connectivity index (χ2v) is 5.80. The van der Waals surface area contributed by atoms with Crippen molar-refractivity contribution in [2.45, 2.75) is 53.6 Å². The van der Waals surface area contributed by atoms with Crippen LogP contribution in [0.3, 0.4) is 0 Å². The van der Waals surface area contributed by atoms with Gasteiger partial charge < -0.3 is 10.3 Å². The largest absolute Gasteiger partial charge is 0.324 e. The lowest BCUT2D eigenvalue weighted by Crippen LogP contribution is -2.10. The van der Waals surface area contributed by atoms with Crippen LogP contribution < -0.4 is 5.73 Å². The number of hydrogen-bond donors (Lipinski definition) is 1. The maximum absolute atomic E-state index is 5.67. The van der Waals surface area contributed by atoms with Crippen LogP contribution >= 0.6 is 0 Å². The van der Waals surface area contributed by atoms with Crippen LogP contribution in [0.15, 0.2) is 0 Å². The van der Waals surface area contributed by atoms with Gasteiger partial charge in [-0.15, -0.1) is 10.2 Å². The maximum atomic E-state index is 5.67. The molecule has 0 unspecified atom stereocenters. The van der Waals surface area contributed by atoms with Crippen LogP contribution in [0.25, 0.3) is 0 Å². The van der Waals surface area contributed by atoms with Gasteiger partial charge in [-0.25, -0.2) is 0 Å². The minimum atomic E-state index is 0.304. The molecule has 0 saturated heterocycles. The lowest BCUT2D eigenvalue weighted by molar-refractivity contribution is 0.457. The highest BCUT2D eigenvalue weighted by Crippen LogP contribution is 2.73. The van der Waals surface area contributed by atoms with E-state index in [0.29, 0.717) is 23.3 Å². The second kappa shape index (κ2) is 3.29. The zero-order valence-electron chi connectivity index (χ0n) is 10.9. The summed E-state index contributed by atoms with van der Waals surface area (Å²) in [6.07, 6.45) is 0. The van der Waals surface area contributed by atoms with Gasteiger partial charge in [0.2, 0.25) is 0 Å².